The molecule has 0 radical (unpaired) electrons. The molecule has 114 valence electrons. The third-order valence-electron chi connectivity index (χ3n) is 5.14. The Balaban J connectivity index is 1.33. The number of fused-ring (bicyclic) bond motifs is 2. The van der Waals surface area contributed by atoms with Gasteiger partial charge in [-0.05, 0) is 61.8 Å². The Hall–Kier alpha value is -1.96. The molecule has 0 aliphatic carbocycles. The molecule has 4 rings (SSSR count). The maximum absolute atomic E-state index is 3.73. The van der Waals surface area contributed by atoms with Crippen molar-refractivity contribution in [1.29, 1.82) is 0 Å². The topological polar surface area (TPSA) is 24.1 Å². The lowest BCUT2D eigenvalue weighted by Crippen LogP contribution is -2.30. The molecule has 2 heteroatoms. The van der Waals surface area contributed by atoms with E-state index in [9.17, 15) is 0 Å². The lowest BCUT2D eigenvalue weighted by molar-refractivity contribution is 0.502. The first-order valence-electron chi connectivity index (χ1n) is 8.57. The number of benzene rings is 2. The Morgan fingerprint density at radius 3 is 1.64 bits per heavy atom. The molecule has 0 fully saturated rings. The van der Waals surface area contributed by atoms with Gasteiger partial charge in [0.25, 0.3) is 0 Å². The fraction of sp³-hybridized carbons (Fsp3) is 0.400. The fourth-order valence-corrected chi connectivity index (χ4v) is 3.84. The summed E-state index contributed by atoms with van der Waals surface area (Å²) in [6.45, 7) is 0. The minimum Gasteiger partial charge on any atom is -0.382 e. The number of aryl methyl sites for hydroxylation is 2. The highest BCUT2D eigenvalue weighted by Gasteiger charge is 2.21. The van der Waals surface area contributed by atoms with Crippen LogP contribution in [0.25, 0.3) is 0 Å². The third-order valence-corrected chi connectivity index (χ3v) is 5.14. The minimum atomic E-state index is 0.633. The smallest absolute Gasteiger partial charge is 0.0374 e. The van der Waals surface area contributed by atoms with Gasteiger partial charge in [-0.1, -0.05) is 36.4 Å². The van der Waals surface area contributed by atoms with E-state index in [2.05, 4.69) is 59.2 Å². The molecule has 2 nitrogen and oxygen atoms in total. The number of rotatable bonds is 3. The molecule has 22 heavy (non-hydrogen) atoms. The molecule has 2 aliphatic heterocycles. The molecule has 0 aromatic heterocycles. The summed E-state index contributed by atoms with van der Waals surface area (Å²) < 4.78 is 0. The van der Waals surface area contributed by atoms with Crippen LogP contribution in [-0.4, -0.2) is 12.1 Å². The Labute approximate surface area is 132 Å². The molecular weight excluding hydrogens is 268 g/mol. The van der Waals surface area contributed by atoms with Crippen molar-refractivity contribution in [3.63, 3.8) is 0 Å². The monoisotopic (exact) mass is 292 g/mol. The predicted molar refractivity (Wildman–Crippen MR) is 93.6 cm³/mol. The highest BCUT2D eigenvalue weighted by Crippen LogP contribution is 2.29. The summed E-state index contributed by atoms with van der Waals surface area (Å²) in [4.78, 5) is 0. The standard InChI is InChI=1S/C20H24N2/c1-3-7-19-15(5-1)9-11-17(21-19)13-14-18-12-10-16-6-2-4-8-20(16)22-18/h1-8,17-18,21-22H,9-14H2. The van der Waals surface area contributed by atoms with Crippen molar-refractivity contribution >= 4 is 11.4 Å². The van der Waals surface area contributed by atoms with E-state index in [0.29, 0.717) is 12.1 Å². The van der Waals surface area contributed by atoms with E-state index in [1.54, 1.807) is 0 Å². The van der Waals surface area contributed by atoms with Gasteiger partial charge in [-0.15, -0.1) is 0 Å². The van der Waals surface area contributed by atoms with Crippen molar-refractivity contribution in [3.8, 4) is 0 Å². The van der Waals surface area contributed by atoms with Crippen LogP contribution in [0.5, 0.6) is 0 Å². The average Bonchev–Trinajstić information content (AvgIpc) is 2.59. The summed E-state index contributed by atoms with van der Waals surface area (Å²) >= 11 is 0. The highest BCUT2D eigenvalue weighted by molar-refractivity contribution is 5.54. The van der Waals surface area contributed by atoms with Gasteiger partial charge < -0.3 is 10.6 Å². The normalized spacial score (nSPS) is 22.9. The maximum atomic E-state index is 3.73. The second-order valence-electron chi connectivity index (χ2n) is 6.65. The number of hydrogen-bond donors (Lipinski definition) is 2. The van der Waals surface area contributed by atoms with Crippen molar-refractivity contribution in [2.24, 2.45) is 0 Å². The van der Waals surface area contributed by atoms with E-state index in [0.717, 1.165) is 0 Å². The number of hydrogen-bond acceptors (Lipinski definition) is 2. The molecule has 2 N–H and O–H groups in total. The van der Waals surface area contributed by atoms with Crippen LogP contribution in [-0.2, 0) is 12.8 Å². The van der Waals surface area contributed by atoms with Gasteiger partial charge in [-0.3, -0.25) is 0 Å². The van der Waals surface area contributed by atoms with Gasteiger partial charge in [0.05, 0.1) is 0 Å². The molecule has 2 atom stereocenters. The molecule has 2 aliphatic rings. The van der Waals surface area contributed by atoms with Gasteiger partial charge in [0.1, 0.15) is 0 Å². The van der Waals surface area contributed by atoms with Crippen molar-refractivity contribution in [2.75, 3.05) is 10.6 Å². The van der Waals surface area contributed by atoms with Crippen LogP contribution in [0, 0.1) is 0 Å². The van der Waals surface area contributed by atoms with E-state index >= 15 is 0 Å². The molecule has 0 amide bonds. The zero-order valence-corrected chi connectivity index (χ0v) is 13.0. The van der Waals surface area contributed by atoms with Gasteiger partial charge in [-0.2, -0.15) is 0 Å². The molecule has 2 aromatic carbocycles. The van der Waals surface area contributed by atoms with Crippen molar-refractivity contribution in [1.82, 2.24) is 0 Å². The second-order valence-corrected chi connectivity index (χ2v) is 6.65. The zero-order chi connectivity index (χ0) is 14.8. The molecule has 0 bridgehead atoms. The largest absolute Gasteiger partial charge is 0.382 e. The van der Waals surface area contributed by atoms with Crippen molar-refractivity contribution < 1.29 is 0 Å². The van der Waals surface area contributed by atoms with Gasteiger partial charge in [0.2, 0.25) is 0 Å². The zero-order valence-electron chi connectivity index (χ0n) is 13.0. The number of para-hydroxylation sites is 2. The van der Waals surface area contributed by atoms with Crippen LogP contribution in [0.4, 0.5) is 11.4 Å². The molecular formula is C20H24N2. The summed E-state index contributed by atoms with van der Waals surface area (Å²) in [5.74, 6) is 0. The lowest BCUT2D eigenvalue weighted by Gasteiger charge is -2.31. The fourth-order valence-electron chi connectivity index (χ4n) is 3.84. The van der Waals surface area contributed by atoms with E-state index in [1.165, 1.54) is 61.0 Å². The third kappa shape index (κ3) is 2.83. The molecule has 2 aromatic rings. The molecule has 2 heterocycles. The van der Waals surface area contributed by atoms with Crippen LogP contribution < -0.4 is 10.6 Å². The number of nitrogens with one attached hydrogen (secondary N) is 2. The minimum absolute atomic E-state index is 0.633. The van der Waals surface area contributed by atoms with Crippen LogP contribution >= 0.6 is 0 Å². The van der Waals surface area contributed by atoms with Gasteiger partial charge in [0, 0.05) is 23.5 Å². The van der Waals surface area contributed by atoms with Crippen LogP contribution in [0.2, 0.25) is 0 Å². The molecule has 0 spiro atoms. The maximum Gasteiger partial charge on any atom is 0.0374 e. The van der Waals surface area contributed by atoms with Crippen molar-refractivity contribution in [2.45, 2.75) is 50.6 Å². The summed E-state index contributed by atoms with van der Waals surface area (Å²) in [7, 11) is 0. The summed E-state index contributed by atoms with van der Waals surface area (Å²) in [6, 6.07) is 18.8. The van der Waals surface area contributed by atoms with E-state index in [4.69, 9.17) is 0 Å². The Morgan fingerprint density at radius 2 is 1.14 bits per heavy atom. The Kier molecular flexibility index (Phi) is 3.75. The van der Waals surface area contributed by atoms with Gasteiger partial charge in [0.15, 0.2) is 0 Å². The van der Waals surface area contributed by atoms with Crippen LogP contribution in [0.15, 0.2) is 48.5 Å². The van der Waals surface area contributed by atoms with E-state index in [1.807, 2.05) is 0 Å². The second kappa shape index (κ2) is 6.04. The summed E-state index contributed by atoms with van der Waals surface area (Å²) in [5.41, 5.74) is 5.65. The quantitative estimate of drug-likeness (QED) is 0.862. The Morgan fingerprint density at radius 1 is 0.682 bits per heavy atom. The van der Waals surface area contributed by atoms with E-state index in [-0.39, 0.29) is 0 Å². The van der Waals surface area contributed by atoms with Crippen LogP contribution in [0.3, 0.4) is 0 Å². The first-order chi connectivity index (χ1) is 10.9. The van der Waals surface area contributed by atoms with E-state index < -0.39 is 0 Å². The lowest BCUT2D eigenvalue weighted by atomic mass is 9.91. The van der Waals surface area contributed by atoms with Crippen LogP contribution in [0.1, 0.15) is 36.8 Å². The highest BCUT2D eigenvalue weighted by atomic mass is 14.9. The van der Waals surface area contributed by atoms with Gasteiger partial charge in [-0.25, -0.2) is 0 Å². The summed E-state index contributed by atoms with van der Waals surface area (Å²) in [6.07, 6.45) is 7.48. The van der Waals surface area contributed by atoms with Gasteiger partial charge >= 0.3 is 0 Å². The SMILES string of the molecule is c1ccc2c(c1)CCC(CCC1CCc3ccccc3N1)N2. The first-order valence-corrected chi connectivity index (χ1v) is 8.57. The summed E-state index contributed by atoms with van der Waals surface area (Å²) in [5, 5.41) is 7.46. The number of anilines is 2. The van der Waals surface area contributed by atoms with Crippen molar-refractivity contribution in [3.05, 3.63) is 59.7 Å². The first kappa shape index (κ1) is 13.7. The molecule has 2 unspecified atom stereocenters. The predicted octanol–water partition coefficient (Wildman–Crippen LogP) is 4.62. The average molecular weight is 292 g/mol. The molecule has 0 saturated carbocycles. The molecule has 0 saturated heterocycles. The Bertz CT molecular complexity index is 592.